The van der Waals surface area contributed by atoms with E-state index in [1.807, 2.05) is 19.1 Å². The van der Waals surface area contributed by atoms with Gasteiger partial charge in [0.2, 0.25) is 5.91 Å². The summed E-state index contributed by atoms with van der Waals surface area (Å²) in [6, 6.07) is 3.70. The normalized spacial score (nSPS) is 10.3. The number of nitrogens with one attached hydrogen (secondary N) is 2. The van der Waals surface area contributed by atoms with E-state index in [9.17, 15) is 9.59 Å². The van der Waals surface area contributed by atoms with Crippen LogP contribution in [0.4, 0.5) is 0 Å². The number of amides is 1. The molecular weight excluding hydrogens is 252 g/mol. The number of aliphatic carboxylic acids is 1. The lowest BCUT2D eigenvalue weighted by atomic mass is 10.3. The predicted molar refractivity (Wildman–Crippen MR) is 70.7 cm³/mol. The van der Waals surface area contributed by atoms with Crippen LogP contribution in [0.15, 0.2) is 12.1 Å². The fourth-order valence-electron chi connectivity index (χ4n) is 1.39. The molecule has 1 amide bonds. The second-order valence-electron chi connectivity index (χ2n) is 3.89. The Bertz CT molecular complexity index is 404. The number of carboxylic acid groups (broad SMARTS) is 1. The van der Waals surface area contributed by atoms with Crippen LogP contribution in [-0.4, -0.2) is 30.1 Å². The average molecular weight is 270 g/mol. The molecule has 0 bridgehead atoms. The summed E-state index contributed by atoms with van der Waals surface area (Å²) in [5.41, 5.74) is 0. The van der Waals surface area contributed by atoms with Crippen molar-refractivity contribution in [2.45, 2.75) is 26.3 Å². The van der Waals surface area contributed by atoms with E-state index in [4.69, 9.17) is 5.11 Å². The Kier molecular flexibility index (Phi) is 6.38. The number of thiophene rings is 1. The van der Waals surface area contributed by atoms with Crippen molar-refractivity contribution in [2.75, 3.05) is 13.1 Å². The lowest BCUT2D eigenvalue weighted by Gasteiger charge is -2.04. The maximum absolute atomic E-state index is 11.3. The van der Waals surface area contributed by atoms with Crippen molar-refractivity contribution in [3.63, 3.8) is 0 Å². The zero-order chi connectivity index (χ0) is 13.4. The predicted octanol–water partition coefficient (Wildman–Crippen LogP) is 0.991. The molecule has 100 valence electrons. The van der Waals surface area contributed by atoms with Gasteiger partial charge in [0.25, 0.3) is 0 Å². The van der Waals surface area contributed by atoms with Gasteiger partial charge in [-0.1, -0.05) is 6.92 Å². The van der Waals surface area contributed by atoms with Gasteiger partial charge in [-0.15, -0.1) is 11.3 Å². The zero-order valence-corrected chi connectivity index (χ0v) is 11.2. The van der Waals surface area contributed by atoms with E-state index in [0.29, 0.717) is 13.1 Å². The topological polar surface area (TPSA) is 78.4 Å². The van der Waals surface area contributed by atoms with Crippen LogP contribution in [0.3, 0.4) is 0 Å². The van der Waals surface area contributed by atoms with Crippen molar-refractivity contribution in [3.8, 4) is 0 Å². The highest BCUT2D eigenvalue weighted by Crippen LogP contribution is 2.16. The first kappa shape index (κ1) is 14.7. The van der Waals surface area contributed by atoms with Gasteiger partial charge in [-0.25, -0.2) is 0 Å². The monoisotopic (exact) mass is 270 g/mol. The van der Waals surface area contributed by atoms with Crippen LogP contribution in [0.25, 0.3) is 0 Å². The molecule has 0 aliphatic heterocycles. The van der Waals surface area contributed by atoms with Crippen molar-refractivity contribution < 1.29 is 14.7 Å². The zero-order valence-electron chi connectivity index (χ0n) is 10.4. The second kappa shape index (κ2) is 7.84. The van der Waals surface area contributed by atoms with Gasteiger partial charge in [-0.05, 0) is 18.6 Å². The summed E-state index contributed by atoms with van der Waals surface area (Å²) >= 11 is 1.46. The van der Waals surface area contributed by atoms with Gasteiger partial charge in [0.15, 0.2) is 0 Å². The third-order valence-electron chi connectivity index (χ3n) is 2.20. The Labute approximate surface area is 110 Å². The highest BCUT2D eigenvalue weighted by atomic mass is 32.1. The molecule has 0 unspecified atom stereocenters. The molecule has 1 aromatic rings. The summed E-state index contributed by atoms with van der Waals surface area (Å²) in [6.45, 7) is 3.57. The van der Waals surface area contributed by atoms with Crippen LogP contribution in [-0.2, 0) is 22.6 Å². The lowest BCUT2D eigenvalue weighted by Crippen LogP contribution is -2.33. The number of hydrogen-bond acceptors (Lipinski definition) is 4. The van der Waals surface area contributed by atoms with Gasteiger partial charge in [0.05, 0.1) is 13.0 Å². The molecule has 0 fully saturated rings. The fourth-order valence-corrected chi connectivity index (χ4v) is 2.37. The first-order valence-electron chi connectivity index (χ1n) is 5.88. The highest BCUT2D eigenvalue weighted by molar-refractivity contribution is 7.12. The molecule has 0 saturated heterocycles. The molecule has 0 atom stereocenters. The van der Waals surface area contributed by atoms with Crippen molar-refractivity contribution in [1.29, 1.82) is 0 Å². The molecule has 1 rings (SSSR count). The Hall–Kier alpha value is -1.40. The van der Waals surface area contributed by atoms with E-state index < -0.39 is 5.97 Å². The molecule has 5 nitrogen and oxygen atoms in total. The van der Waals surface area contributed by atoms with Crippen molar-refractivity contribution in [2.24, 2.45) is 0 Å². The fraction of sp³-hybridized carbons (Fsp3) is 0.500. The van der Waals surface area contributed by atoms with E-state index in [1.54, 1.807) is 0 Å². The third kappa shape index (κ3) is 5.79. The number of rotatable bonds is 8. The van der Waals surface area contributed by atoms with Crippen LogP contribution in [0, 0.1) is 0 Å². The van der Waals surface area contributed by atoms with E-state index in [-0.39, 0.29) is 18.9 Å². The second-order valence-corrected chi connectivity index (χ2v) is 5.14. The molecule has 6 heteroatoms. The van der Waals surface area contributed by atoms with E-state index in [1.165, 1.54) is 11.3 Å². The quantitative estimate of drug-likeness (QED) is 0.658. The Morgan fingerprint density at radius 2 is 2.06 bits per heavy atom. The van der Waals surface area contributed by atoms with Crippen molar-refractivity contribution >= 4 is 23.2 Å². The molecule has 0 radical (unpaired) electrons. The minimum atomic E-state index is -0.824. The molecule has 0 spiro atoms. The average Bonchev–Trinajstić information content (AvgIpc) is 2.73. The number of carbonyl (C=O) groups is 2. The molecule has 0 saturated carbocycles. The molecule has 1 heterocycles. The Morgan fingerprint density at radius 3 is 2.72 bits per heavy atom. The number of carbonyl (C=O) groups excluding carboxylic acids is 1. The van der Waals surface area contributed by atoms with Crippen molar-refractivity contribution in [1.82, 2.24) is 10.6 Å². The maximum Gasteiger partial charge on any atom is 0.308 e. The summed E-state index contributed by atoms with van der Waals surface area (Å²) in [5, 5.41) is 14.4. The van der Waals surface area contributed by atoms with Gasteiger partial charge in [-0.3, -0.25) is 9.59 Å². The van der Waals surface area contributed by atoms with Crippen molar-refractivity contribution in [3.05, 3.63) is 21.9 Å². The SMILES string of the molecule is CCCNC(=O)CNCc1ccc(CC(=O)O)s1. The summed E-state index contributed by atoms with van der Waals surface area (Å²) in [6.07, 6.45) is 0.983. The first-order valence-corrected chi connectivity index (χ1v) is 6.70. The van der Waals surface area contributed by atoms with Crippen LogP contribution in [0.2, 0.25) is 0 Å². The van der Waals surface area contributed by atoms with E-state index in [0.717, 1.165) is 16.2 Å². The number of carboxylic acids is 1. The summed E-state index contributed by atoms with van der Waals surface area (Å²) < 4.78 is 0. The van der Waals surface area contributed by atoms with Gasteiger partial charge in [-0.2, -0.15) is 0 Å². The van der Waals surface area contributed by atoms with Crippen LogP contribution < -0.4 is 10.6 Å². The number of hydrogen-bond donors (Lipinski definition) is 3. The molecular formula is C12H18N2O3S. The molecule has 0 aliphatic rings. The smallest absolute Gasteiger partial charge is 0.308 e. The molecule has 1 aromatic heterocycles. The third-order valence-corrected chi connectivity index (χ3v) is 3.28. The highest BCUT2D eigenvalue weighted by Gasteiger charge is 2.05. The largest absolute Gasteiger partial charge is 0.481 e. The van der Waals surface area contributed by atoms with Gasteiger partial charge >= 0.3 is 5.97 Å². The van der Waals surface area contributed by atoms with Crippen LogP contribution in [0.5, 0.6) is 0 Å². The van der Waals surface area contributed by atoms with Gasteiger partial charge in [0.1, 0.15) is 0 Å². The Morgan fingerprint density at radius 1 is 1.33 bits per heavy atom. The summed E-state index contributed by atoms with van der Waals surface area (Å²) in [5.74, 6) is -0.838. The minimum absolute atomic E-state index is 0.0147. The molecule has 0 aromatic carbocycles. The van der Waals surface area contributed by atoms with Crippen LogP contribution in [0.1, 0.15) is 23.1 Å². The molecule has 0 aliphatic carbocycles. The standard InChI is InChI=1S/C12H18N2O3S/c1-2-5-14-11(15)8-13-7-10-4-3-9(18-10)6-12(16)17/h3-4,13H,2,5-8H2,1H3,(H,14,15)(H,16,17). The summed E-state index contributed by atoms with van der Waals surface area (Å²) in [4.78, 5) is 23.7. The minimum Gasteiger partial charge on any atom is -0.481 e. The Balaban J connectivity index is 2.25. The van der Waals surface area contributed by atoms with Crippen LogP contribution >= 0.6 is 11.3 Å². The molecule has 3 N–H and O–H groups in total. The van der Waals surface area contributed by atoms with Gasteiger partial charge in [0, 0.05) is 22.8 Å². The van der Waals surface area contributed by atoms with E-state index >= 15 is 0 Å². The summed E-state index contributed by atoms with van der Waals surface area (Å²) in [7, 11) is 0. The van der Waals surface area contributed by atoms with E-state index in [2.05, 4.69) is 10.6 Å². The first-order chi connectivity index (χ1) is 8.61. The van der Waals surface area contributed by atoms with Gasteiger partial charge < -0.3 is 15.7 Å². The lowest BCUT2D eigenvalue weighted by molar-refractivity contribution is -0.136. The molecule has 18 heavy (non-hydrogen) atoms. The maximum atomic E-state index is 11.3.